The fourth-order valence-corrected chi connectivity index (χ4v) is 2.43. The van der Waals surface area contributed by atoms with E-state index < -0.39 is 0 Å². The lowest BCUT2D eigenvalue weighted by Gasteiger charge is -2.12. The minimum Gasteiger partial charge on any atom is -0.454 e. The Labute approximate surface area is 112 Å². The van der Waals surface area contributed by atoms with Gasteiger partial charge in [-0.1, -0.05) is 12.8 Å². The van der Waals surface area contributed by atoms with E-state index in [1.165, 1.54) is 12.8 Å². The normalized spacial score (nSPS) is 18.7. The summed E-state index contributed by atoms with van der Waals surface area (Å²) in [6.07, 6.45) is 4.76. The lowest BCUT2D eigenvalue weighted by Crippen LogP contribution is -2.37. The van der Waals surface area contributed by atoms with Crippen LogP contribution in [0.3, 0.4) is 0 Å². The number of anilines is 1. The second-order valence-electron chi connectivity index (χ2n) is 4.75. The van der Waals surface area contributed by atoms with Crippen LogP contribution in [0.15, 0.2) is 23.2 Å². The zero-order valence-corrected chi connectivity index (χ0v) is 10.7. The summed E-state index contributed by atoms with van der Waals surface area (Å²) in [5.41, 5.74) is 3.49. The summed E-state index contributed by atoms with van der Waals surface area (Å²) in [4.78, 5) is 4.58. The van der Waals surface area contributed by atoms with Gasteiger partial charge in [0.15, 0.2) is 11.5 Å². The van der Waals surface area contributed by atoms with Crippen molar-refractivity contribution in [1.82, 2.24) is 5.43 Å². The molecular weight excluding hydrogens is 244 g/mol. The van der Waals surface area contributed by atoms with Crippen LogP contribution < -0.4 is 26.1 Å². The highest BCUT2D eigenvalue weighted by molar-refractivity contribution is 5.93. The van der Waals surface area contributed by atoms with E-state index in [2.05, 4.69) is 15.7 Å². The van der Waals surface area contributed by atoms with Gasteiger partial charge >= 0.3 is 0 Å². The van der Waals surface area contributed by atoms with Crippen LogP contribution in [0.25, 0.3) is 0 Å². The van der Waals surface area contributed by atoms with Crippen LogP contribution in [0.2, 0.25) is 0 Å². The molecule has 1 fully saturated rings. The largest absolute Gasteiger partial charge is 0.454 e. The van der Waals surface area contributed by atoms with E-state index in [0.29, 0.717) is 12.0 Å². The highest BCUT2D eigenvalue weighted by Crippen LogP contribution is 2.34. The summed E-state index contributed by atoms with van der Waals surface area (Å²) in [5, 5.41) is 3.16. The maximum Gasteiger partial charge on any atom is 0.231 e. The number of fused-ring (bicyclic) bond motifs is 1. The topological polar surface area (TPSA) is 80.9 Å². The van der Waals surface area contributed by atoms with E-state index in [1.54, 1.807) is 0 Å². The molecule has 0 spiro atoms. The van der Waals surface area contributed by atoms with E-state index >= 15 is 0 Å². The second-order valence-corrected chi connectivity index (χ2v) is 4.75. The molecule has 6 heteroatoms. The summed E-state index contributed by atoms with van der Waals surface area (Å²) >= 11 is 0. The molecule has 0 radical (unpaired) electrons. The highest BCUT2D eigenvalue weighted by atomic mass is 16.7. The third-order valence-corrected chi connectivity index (χ3v) is 3.41. The summed E-state index contributed by atoms with van der Waals surface area (Å²) in [6.45, 7) is 0.275. The Balaban J connectivity index is 1.71. The third kappa shape index (κ3) is 2.73. The van der Waals surface area contributed by atoms with Crippen molar-refractivity contribution < 1.29 is 9.47 Å². The quantitative estimate of drug-likeness (QED) is 0.326. The Morgan fingerprint density at radius 1 is 1.21 bits per heavy atom. The van der Waals surface area contributed by atoms with Crippen molar-refractivity contribution in [2.45, 2.75) is 31.7 Å². The number of ether oxygens (including phenoxy) is 2. The molecule has 0 unspecified atom stereocenters. The molecule has 3 rings (SSSR count). The Morgan fingerprint density at radius 2 is 2.00 bits per heavy atom. The zero-order valence-electron chi connectivity index (χ0n) is 10.7. The van der Waals surface area contributed by atoms with Crippen molar-refractivity contribution in [3.63, 3.8) is 0 Å². The smallest absolute Gasteiger partial charge is 0.231 e. The number of guanidine groups is 1. The number of hydrogen-bond donors (Lipinski definition) is 3. The molecular formula is C13H18N4O2. The van der Waals surface area contributed by atoms with Crippen LogP contribution in [-0.2, 0) is 0 Å². The van der Waals surface area contributed by atoms with Gasteiger partial charge in [-0.2, -0.15) is 0 Å². The summed E-state index contributed by atoms with van der Waals surface area (Å²) in [6, 6.07) is 6.03. The predicted octanol–water partition coefficient (Wildman–Crippen LogP) is 1.59. The number of nitrogens with two attached hydrogens (primary N) is 1. The number of rotatable bonds is 2. The second kappa shape index (κ2) is 5.36. The SMILES string of the molecule is NNC(=NC1CCCC1)Nc1ccc2c(c1)OCO2. The van der Waals surface area contributed by atoms with Gasteiger partial charge in [0.2, 0.25) is 12.8 Å². The van der Waals surface area contributed by atoms with Crippen molar-refractivity contribution in [3.05, 3.63) is 18.2 Å². The molecule has 0 amide bonds. The zero-order chi connectivity index (χ0) is 13.1. The molecule has 102 valence electrons. The molecule has 0 atom stereocenters. The molecule has 0 aromatic heterocycles. The van der Waals surface area contributed by atoms with E-state index in [-0.39, 0.29) is 6.79 Å². The first kappa shape index (κ1) is 12.1. The van der Waals surface area contributed by atoms with Gasteiger partial charge in [-0.3, -0.25) is 5.43 Å². The van der Waals surface area contributed by atoms with Crippen LogP contribution in [0.5, 0.6) is 11.5 Å². The minimum atomic E-state index is 0.275. The molecule has 0 saturated heterocycles. The van der Waals surface area contributed by atoms with Crippen LogP contribution >= 0.6 is 0 Å². The van der Waals surface area contributed by atoms with Crippen LogP contribution in [0, 0.1) is 0 Å². The van der Waals surface area contributed by atoms with Gasteiger partial charge in [-0.15, -0.1) is 0 Å². The monoisotopic (exact) mass is 262 g/mol. The van der Waals surface area contributed by atoms with E-state index in [1.807, 2.05) is 18.2 Å². The van der Waals surface area contributed by atoms with Crippen molar-refractivity contribution in [2.24, 2.45) is 10.8 Å². The van der Waals surface area contributed by atoms with Gasteiger partial charge in [-0.25, -0.2) is 10.8 Å². The standard InChI is InChI=1S/C13H18N4O2/c14-17-13(15-9-3-1-2-4-9)16-10-5-6-11-12(7-10)19-8-18-11/h5-7,9H,1-4,8,14H2,(H2,15,16,17). The van der Waals surface area contributed by atoms with Gasteiger partial charge < -0.3 is 14.8 Å². The maximum absolute atomic E-state index is 5.51. The number of nitrogens with one attached hydrogen (secondary N) is 2. The highest BCUT2D eigenvalue weighted by Gasteiger charge is 2.16. The molecule has 1 aromatic rings. The predicted molar refractivity (Wildman–Crippen MR) is 73.2 cm³/mol. The first-order chi connectivity index (χ1) is 9.35. The lowest BCUT2D eigenvalue weighted by atomic mass is 10.2. The number of nitrogens with zero attached hydrogens (tertiary/aromatic N) is 1. The van der Waals surface area contributed by atoms with Crippen LogP contribution in [0.1, 0.15) is 25.7 Å². The summed E-state index contributed by atoms with van der Waals surface area (Å²) in [5.74, 6) is 7.60. The lowest BCUT2D eigenvalue weighted by molar-refractivity contribution is 0.174. The molecule has 4 N–H and O–H groups in total. The molecule has 6 nitrogen and oxygen atoms in total. The molecule has 1 saturated carbocycles. The molecule has 1 heterocycles. The number of aliphatic imine (C=N–C) groups is 1. The van der Waals surface area contributed by atoms with Crippen molar-refractivity contribution in [1.29, 1.82) is 0 Å². The number of hydrogen-bond acceptors (Lipinski definition) is 4. The fourth-order valence-electron chi connectivity index (χ4n) is 2.43. The maximum atomic E-state index is 5.51. The minimum absolute atomic E-state index is 0.275. The van der Waals surface area contributed by atoms with Gasteiger partial charge in [0, 0.05) is 11.8 Å². The molecule has 1 aliphatic carbocycles. The van der Waals surface area contributed by atoms with Crippen LogP contribution in [0.4, 0.5) is 5.69 Å². The number of benzene rings is 1. The van der Waals surface area contributed by atoms with Crippen molar-refractivity contribution >= 4 is 11.6 Å². The Hall–Kier alpha value is -1.95. The Kier molecular flexibility index (Phi) is 3.41. The fraction of sp³-hybridized carbons (Fsp3) is 0.462. The first-order valence-electron chi connectivity index (χ1n) is 6.56. The molecule has 1 aromatic carbocycles. The van der Waals surface area contributed by atoms with Crippen molar-refractivity contribution in [2.75, 3.05) is 12.1 Å². The molecule has 19 heavy (non-hydrogen) atoms. The first-order valence-corrected chi connectivity index (χ1v) is 6.56. The summed E-state index contributed by atoms with van der Waals surface area (Å²) in [7, 11) is 0. The van der Waals surface area contributed by atoms with Gasteiger partial charge in [0.25, 0.3) is 0 Å². The summed E-state index contributed by atoms with van der Waals surface area (Å²) < 4.78 is 10.6. The van der Waals surface area contributed by atoms with Gasteiger partial charge in [-0.05, 0) is 25.0 Å². The van der Waals surface area contributed by atoms with Gasteiger partial charge in [0.05, 0.1) is 6.04 Å². The third-order valence-electron chi connectivity index (χ3n) is 3.41. The molecule has 0 bridgehead atoms. The molecule has 1 aliphatic heterocycles. The number of hydrazine groups is 1. The average Bonchev–Trinajstić information content (AvgIpc) is 3.08. The van der Waals surface area contributed by atoms with Gasteiger partial charge in [0.1, 0.15) is 0 Å². The van der Waals surface area contributed by atoms with Crippen LogP contribution in [-0.4, -0.2) is 18.8 Å². The average molecular weight is 262 g/mol. The van der Waals surface area contributed by atoms with E-state index in [9.17, 15) is 0 Å². The van der Waals surface area contributed by atoms with E-state index in [4.69, 9.17) is 15.3 Å². The van der Waals surface area contributed by atoms with E-state index in [0.717, 1.165) is 30.0 Å². The molecule has 2 aliphatic rings. The Morgan fingerprint density at radius 3 is 2.79 bits per heavy atom. The van der Waals surface area contributed by atoms with Crippen molar-refractivity contribution in [3.8, 4) is 11.5 Å². The Bertz CT molecular complexity index is 484.